The summed E-state index contributed by atoms with van der Waals surface area (Å²) in [6, 6.07) is 6.79. The van der Waals surface area contributed by atoms with Crippen molar-refractivity contribution >= 4 is 22.7 Å². The van der Waals surface area contributed by atoms with Crippen LogP contribution in [0.4, 0.5) is 0 Å². The number of aromatic nitrogens is 2. The first kappa shape index (κ1) is 11.2. The lowest BCUT2D eigenvalue weighted by molar-refractivity contribution is 0.561. The molecule has 0 spiro atoms. The predicted molar refractivity (Wildman–Crippen MR) is 61.5 cm³/mol. The van der Waals surface area contributed by atoms with Gasteiger partial charge in [-0.25, -0.2) is 14.2 Å². The molecular weight excluding hydrogens is 248 g/mol. The lowest BCUT2D eigenvalue weighted by Crippen LogP contribution is -1.96. The molecule has 0 fully saturated rings. The average molecular weight is 255 g/mol. The van der Waals surface area contributed by atoms with Crippen molar-refractivity contribution in [2.24, 2.45) is 0 Å². The summed E-state index contributed by atoms with van der Waals surface area (Å²) in [6.07, 6.45) is 3.01. The SMILES string of the molecule is O=S(O)c1ncccc1-c1cccnc1Cl. The number of halogens is 1. The first-order chi connectivity index (χ1) is 7.70. The molecular formula is C10H7ClN2O2S. The Morgan fingerprint density at radius 2 is 1.75 bits per heavy atom. The van der Waals surface area contributed by atoms with E-state index >= 15 is 0 Å². The van der Waals surface area contributed by atoms with Crippen LogP contribution in [0.15, 0.2) is 41.7 Å². The molecule has 1 atom stereocenters. The van der Waals surface area contributed by atoms with E-state index in [4.69, 9.17) is 16.2 Å². The summed E-state index contributed by atoms with van der Waals surface area (Å²) in [5.74, 6) is 0. The van der Waals surface area contributed by atoms with Crippen molar-refractivity contribution < 1.29 is 8.76 Å². The van der Waals surface area contributed by atoms with Gasteiger partial charge in [0.1, 0.15) is 5.15 Å². The zero-order valence-electron chi connectivity index (χ0n) is 8.00. The second-order valence-corrected chi connectivity index (χ2v) is 4.19. The minimum atomic E-state index is -2.15. The number of nitrogens with zero attached hydrogens (tertiary/aromatic N) is 2. The molecule has 0 aliphatic rings. The maximum absolute atomic E-state index is 11.1. The van der Waals surface area contributed by atoms with Gasteiger partial charge in [0.2, 0.25) is 11.1 Å². The second-order valence-electron chi connectivity index (χ2n) is 2.95. The first-order valence-corrected chi connectivity index (χ1v) is 5.85. The predicted octanol–water partition coefficient (Wildman–Crippen LogP) is 2.38. The molecule has 1 unspecified atom stereocenters. The molecule has 82 valence electrons. The van der Waals surface area contributed by atoms with E-state index in [2.05, 4.69) is 9.97 Å². The first-order valence-electron chi connectivity index (χ1n) is 4.37. The normalized spacial score (nSPS) is 12.4. The molecule has 2 aromatic heterocycles. The Balaban J connectivity index is 2.65. The molecule has 0 radical (unpaired) electrons. The summed E-state index contributed by atoms with van der Waals surface area (Å²) >= 11 is 3.77. The summed E-state index contributed by atoms with van der Waals surface area (Å²) in [5.41, 5.74) is 1.11. The standard InChI is InChI=1S/C10H7ClN2O2S/c11-9-7(3-1-5-12-9)8-4-2-6-13-10(8)16(14)15/h1-6H,(H,14,15). The monoisotopic (exact) mass is 254 g/mol. The highest BCUT2D eigenvalue weighted by Crippen LogP contribution is 2.28. The highest BCUT2D eigenvalue weighted by molar-refractivity contribution is 7.79. The number of hydrogen-bond acceptors (Lipinski definition) is 3. The van der Waals surface area contributed by atoms with Crippen LogP contribution in [-0.4, -0.2) is 18.7 Å². The number of rotatable bonds is 2. The van der Waals surface area contributed by atoms with Gasteiger partial charge in [0, 0.05) is 23.5 Å². The molecule has 2 rings (SSSR count). The molecule has 0 aliphatic heterocycles. The van der Waals surface area contributed by atoms with Crippen LogP contribution in [-0.2, 0) is 11.1 Å². The highest BCUT2D eigenvalue weighted by Gasteiger charge is 2.13. The van der Waals surface area contributed by atoms with Gasteiger partial charge in [-0.2, -0.15) is 0 Å². The fourth-order valence-electron chi connectivity index (χ4n) is 1.32. The van der Waals surface area contributed by atoms with E-state index in [1.807, 2.05) is 0 Å². The molecule has 0 saturated carbocycles. The Kier molecular flexibility index (Phi) is 3.28. The summed E-state index contributed by atoms with van der Waals surface area (Å²) in [7, 11) is 0. The van der Waals surface area contributed by atoms with Gasteiger partial charge in [0.05, 0.1) is 0 Å². The van der Waals surface area contributed by atoms with Gasteiger partial charge in [-0.05, 0) is 24.3 Å². The van der Waals surface area contributed by atoms with Gasteiger partial charge in [-0.1, -0.05) is 11.6 Å². The van der Waals surface area contributed by atoms with Crippen LogP contribution in [0.25, 0.3) is 11.1 Å². The van der Waals surface area contributed by atoms with Crippen LogP contribution in [0, 0.1) is 0 Å². The third-order valence-electron chi connectivity index (χ3n) is 1.99. The fraction of sp³-hybridized carbons (Fsp3) is 0. The smallest absolute Gasteiger partial charge is 0.206 e. The van der Waals surface area contributed by atoms with Gasteiger partial charge < -0.3 is 4.55 Å². The Bertz CT molecular complexity index is 548. The van der Waals surface area contributed by atoms with Crippen molar-refractivity contribution in [2.45, 2.75) is 5.03 Å². The van der Waals surface area contributed by atoms with E-state index in [0.717, 1.165) is 0 Å². The molecule has 2 heterocycles. The molecule has 6 heteroatoms. The van der Waals surface area contributed by atoms with Crippen molar-refractivity contribution in [2.75, 3.05) is 0 Å². The zero-order chi connectivity index (χ0) is 11.5. The minimum Gasteiger partial charge on any atom is -0.301 e. The lowest BCUT2D eigenvalue weighted by atomic mass is 10.1. The third-order valence-corrected chi connectivity index (χ3v) is 2.94. The molecule has 2 aromatic rings. The van der Waals surface area contributed by atoms with Crippen LogP contribution in [0.2, 0.25) is 5.15 Å². The van der Waals surface area contributed by atoms with Crippen molar-refractivity contribution in [1.82, 2.24) is 9.97 Å². The Hall–Kier alpha value is -1.30. The Morgan fingerprint density at radius 3 is 2.38 bits per heavy atom. The fourth-order valence-corrected chi connectivity index (χ4v) is 2.06. The molecule has 16 heavy (non-hydrogen) atoms. The van der Waals surface area contributed by atoms with E-state index in [9.17, 15) is 4.21 Å². The highest BCUT2D eigenvalue weighted by atomic mass is 35.5. The summed E-state index contributed by atoms with van der Waals surface area (Å²) in [6.45, 7) is 0. The van der Waals surface area contributed by atoms with Gasteiger partial charge in [-0.3, -0.25) is 0 Å². The third kappa shape index (κ3) is 2.11. The van der Waals surface area contributed by atoms with Crippen LogP contribution in [0.5, 0.6) is 0 Å². The van der Waals surface area contributed by atoms with Crippen molar-refractivity contribution in [3.05, 3.63) is 41.8 Å². The van der Waals surface area contributed by atoms with Crippen molar-refractivity contribution in [3.8, 4) is 11.1 Å². The maximum Gasteiger partial charge on any atom is 0.206 e. The van der Waals surface area contributed by atoms with E-state index in [1.165, 1.54) is 6.20 Å². The van der Waals surface area contributed by atoms with Crippen LogP contribution in [0.3, 0.4) is 0 Å². The average Bonchev–Trinajstić information content (AvgIpc) is 2.29. The molecule has 0 aromatic carbocycles. The van der Waals surface area contributed by atoms with Crippen LogP contribution in [0.1, 0.15) is 0 Å². The van der Waals surface area contributed by atoms with Gasteiger partial charge >= 0.3 is 0 Å². The lowest BCUT2D eigenvalue weighted by Gasteiger charge is -2.05. The van der Waals surface area contributed by atoms with E-state index in [-0.39, 0.29) is 10.2 Å². The second kappa shape index (κ2) is 4.69. The van der Waals surface area contributed by atoms with Gasteiger partial charge in [-0.15, -0.1) is 0 Å². The summed E-state index contributed by atoms with van der Waals surface area (Å²) in [4.78, 5) is 7.77. The van der Waals surface area contributed by atoms with Gasteiger partial charge in [0.15, 0.2) is 5.03 Å². The van der Waals surface area contributed by atoms with Crippen molar-refractivity contribution in [3.63, 3.8) is 0 Å². The van der Waals surface area contributed by atoms with Gasteiger partial charge in [0.25, 0.3) is 0 Å². The molecule has 0 saturated heterocycles. The van der Waals surface area contributed by atoms with E-state index in [1.54, 1.807) is 30.5 Å². The summed E-state index contributed by atoms with van der Waals surface area (Å²) in [5, 5.41) is 0.361. The Labute approximate surface area is 99.6 Å². The largest absolute Gasteiger partial charge is 0.301 e. The topological polar surface area (TPSA) is 63.1 Å². The summed E-state index contributed by atoms with van der Waals surface area (Å²) < 4.78 is 20.2. The molecule has 0 bridgehead atoms. The van der Waals surface area contributed by atoms with Crippen LogP contribution < -0.4 is 0 Å². The minimum absolute atomic E-state index is 0.0809. The zero-order valence-corrected chi connectivity index (χ0v) is 9.57. The quantitative estimate of drug-likeness (QED) is 0.660. The molecule has 0 aliphatic carbocycles. The molecule has 1 N–H and O–H groups in total. The number of pyridine rings is 2. The van der Waals surface area contributed by atoms with Crippen LogP contribution >= 0.6 is 11.6 Å². The van der Waals surface area contributed by atoms with E-state index < -0.39 is 11.1 Å². The number of hydrogen-bond donors (Lipinski definition) is 1. The van der Waals surface area contributed by atoms with Crippen molar-refractivity contribution in [1.29, 1.82) is 0 Å². The molecule has 0 amide bonds. The van der Waals surface area contributed by atoms with E-state index in [0.29, 0.717) is 11.1 Å². The molecule has 4 nitrogen and oxygen atoms in total. The maximum atomic E-state index is 11.1. The Morgan fingerprint density at radius 1 is 1.12 bits per heavy atom.